The topological polar surface area (TPSA) is 52.3 Å². The molecule has 0 aromatic rings. The Morgan fingerprint density at radius 1 is 1.29 bits per heavy atom. The molecule has 3 nitrogen and oxygen atoms in total. The van der Waals surface area contributed by atoms with Gasteiger partial charge in [-0.1, -0.05) is 40.5 Å². The van der Waals surface area contributed by atoms with E-state index in [0.717, 1.165) is 19.3 Å². The molecule has 0 radical (unpaired) electrons. The van der Waals surface area contributed by atoms with E-state index in [-0.39, 0.29) is 11.9 Å². The fraction of sp³-hybridized carbons (Fsp3) is 0.929. The molecule has 0 amide bonds. The van der Waals surface area contributed by atoms with Crippen LogP contribution in [0.2, 0.25) is 0 Å². The molecule has 0 fully saturated rings. The molecule has 0 bridgehead atoms. The lowest BCUT2D eigenvalue weighted by atomic mass is 9.70. The van der Waals surface area contributed by atoms with E-state index in [1.54, 1.807) is 0 Å². The third-order valence-corrected chi connectivity index (χ3v) is 3.65. The highest BCUT2D eigenvalue weighted by Crippen LogP contribution is 2.36. The summed E-state index contributed by atoms with van der Waals surface area (Å²) in [6.07, 6.45) is 3.10. The predicted molar refractivity (Wildman–Crippen MR) is 71.6 cm³/mol. The first-order valence-electron chi connectivity index (χ1n) is 6.81. The summed E-state index contributed by atoms with van der Waals surface area (Å²) in [5, 5.41) is 0. The number of esters is 1. The zero-order valence-corrected chi connectivity index (χ0v) is 12.1. The van der Waals surface area contributed by atoms with Crippen LogP contribution in [0.4, 0.5) is 0 Å². The lowest BCUT2D eigenvalue weighted by molar-refractivity contribution is -0.159. The molecule has 17 heavy (non-hydrogen) atoms. The molecule has 0 aliphatic carbocycles. The number of nitrogens with two attached hydrogens (primary N) is 1. The van der Waals surface area contributed by atoms with Crippen LogP contribution in [0.15, 0.2) is 0 Å². The molecule has 0 aromatic heterocycles. The number of carbonyl (C=O) groups excluding carboxylic acids is 1. The number of ether oxygens (including phenoxy) is 1. The van der Waals surface area contributed by atoms with Crippen LogP contribution in [0.25, 0.3) is 0 Å². The van der Waals surface area contributed by atoms with Crippen LogP contribution in [-0.4, -0.2) is 19.1 Å². The molecule has 0 spiro atoms. The van der Waals surface area contributed by atoms with Gasteiger partial charge >= 0.3 is 5.97 Å². The highest BCUT2D eigenvalue weighted by atomic mass is 16.5. The van der Waals surface area contributed by atoms with Gasteiger partial charge in [0.15, 0.2) is 0 Å². The summed E-state index contributed by atoms with van der Waals surface area (Å²) in [5.41, 5.74) is 5.37. The Hall–Kier alpha value is -0.570. The van der Waals surface area contributed by atoms with Gasteiger partial charge in [-0.05, 0) is 25.2 Å². The van der Waals surface area contributed by atoms with Crippen LogP contribution in [0.1, 0.15) is 53.9 Å². The van der Waals surface area contributed by atoms with Crippen LogP contribution in [0, 0.1) is 17.3 Å². The van der Waals surface area contributed by atoms with Gasteiger partial charge in [-0.2, -0.15) is 0 Å². The normalized spacial score (nSPS) is 16.6. The van der Waals surface area contributed by atoms with Gasteiger partial charge in [0, 0.05) is 6.54 Å². The summed E-state index contributed by atoms with van der Waals surface area (Å²) in [5.74, 6) is 0.599. The first-order chi connectivity index (χ1) is 7.94. The van der Waals surface area contributed by atoms with E-state index < -0.39 is 5.41 Å². The molecule has 102 valence electrons. The Bertz CT molecular complexity index is 228. The lowest BCUT2D eigenvalue weighted by Crippen LogP contribution is -2.45. The van der Waals surface area contributed by atoms with Crippen LogP contribution in [-0.2, 0) is 9.53 Å². The number of hydrogen-bond donors (Lipinski definition) is 1. The second-order valence-electron chi connectivity index (χ2n) is 5.33. The van der Waals surface area contributed by atoms with Crippen molar-refractivity contribution in [3.63, 3.8) is 0 Å². The van der Waals surface area contributed by atoms with Gasteiger partial charge in [0.1, 0.15) is 0 Å². The minimum Gasteiger partial charge on any atom is -0.466 e. The van der Waals surface area contributed by atoms with Gasteiger partial charge in [0.05, 0.1) is 12.0 Å². The van der Waals surface area contributed by atoms with Crippen molar-refractivity contribution in [2.45, 2.75) is 53.9 Å². The van der Waals surface area contributed by atoms with Crippen molar-refractivity contribution in [2.75, 3.05) is 13.2 Å². The molecular weight excluding hydrogens is 214 g/mol. The van der Waals surface area contributed by atoms with Crippen LogP contribution in [0.5, 0.6) is 0 Å². The standard InChI is InChI=1S/C14H29NO2/c1-6-8-12(5)9-14(10-15,11(3)4)13(16)17-7-2/h11-12H,6-10,15H2,1-5H3. The van der Waals surface area contributed by atoms with Crippen molar-refractivity contribution in [3.8, 4) is 0 Å². The number of carbonyl (C=O) groups is 1. The lowest BCUT2D eigenvalue weighted by Gasteiger charge is -2.36. The van der Waals surface area contributed by atoms with Crippen LogP contribution < -0.4 is 5.73 Å². The van der Waals surface area contributed by atoms with Crippen molar-refractivity contribution in [3.05, 3.63) is 0 Å². The average molecular weight is 243 g/mol. The van der Waals surface area contributed by atoms with E-state index in [0.29, 0.717) is 19.1 Å². The van der Waals surface area contributed by atoms with E-state index in [1.807, 2.05) is 6.92 Å². The maximum absolute atomic E-state index is 12.2. The van der Waals surface area contributed by atoms with Crippen LogP contribution >= 0.6 is 0 Å². The van der Waals surface area contributed by atoms with Crippen molar-refractivity contribution in [2.24, 2.45) is 23.0 Å². The number of hydrogen-bond acceptors (Lipinski definition) is 3. The largest absolute Gasteiger partial charge is 0.466 e. The second kappa shape index (κ2) is 7.70. The third kappa shape index (κ3) is 4.30. The Labute approximate surface area is 106 Å². The van der Waals surface area contributed by atoms with Gasteiger partial charge in [-0.3, -0.25) is 4.79 Å². The van der Waals surface area contributed by atoms with E-state index in [9.17, 15) is 4.79 Å². The summed E-state index contributed by atoms with van der Waals surface area (Å²) < 4.78 is 5.22. The molecular formula is C14H29NO2. The fourth-order valence-corrected chi connectivity index (χ4v) is 2.45. The SMILES string of the molecule is CCCC(C)CC(CN)(C(=O)OCC)C(C)C. The molecule has 0 aliphatic rings. The van der Waals surface area contributed by atoms with Gasteiger partial charge in [0.2, 0.25) is 0 Å². The minimum absolute atomic E-state index is 0.125. The molecule has 0 aliphatic heterocycles. The Morgan fingerprint density at radius 3 is 2.24 bits per heavy atom. The van der Waals surface area contributed by atoms with Gasteiger partial charge in [-0.15, -0.1) is 0 Å². The fourth-order valence-electron chi connectivity index (χ4n) is 2.45. The molecule has 0 rings (SSSR count). The summed E-state index contributed by atoms with van der Waals surface area (Å²) in [4.78, 5) is 12.2. The molecule has 2 N–H and O–H groups in total. The smallest absolute Gasteiger partial charge is 0.313 e. The molecule has 0 aromatic carbocycles. The zero-order chi connectivity index (χ0) is 13.5. The monoisotopic (exact) mass is 243 g/mol. The Balaban J connectivity index is 4.88. The maximum Gasteiger partial charge on any atom is 0.313 e. The minimum atomic E-state index is -0.509. The predicted octanol–water partition coefficient (Wildman–Crippen LogP) is 2.98. The summed E-state index contributed by atoms with van der Waals surface area (Å²) in [7, 11) is 0. The van der Waals surface area contributed by atoms with Gasteiger partial charge < -0.3 is 10.5 Å². The van der Waals surface area contributed by atoms with Gasteiger partial charge in [0.25, 0.3) is 0 Å². The Kier molecular flexibility index (Phi) is 7.44. The highest BCUT2D eigenvalue weighted by molar-refractivity contribution is 5.77. The summed E-state index contributed by atoms with van der Waals surface area (Å²) in [6, 6.07) is 0. The van der Waals surface area contributed by atoms with Crippen molar-refractivity contribution in [1.29, 1.82) is 0 Å². The molecule has 0 saturated carbocycles. The van der Waals surface area contributed by atoms with Crippen molar-refractivity contribution in [1.82, 2.24) is 0 Å². The Morgan fingerprint density at radius 2 is 1.88 bits per heavy atom. The zero-order valence-electron chi connectivity index (χ0n) is 12.1. The molecule has 2 atom stereocenters. The maximum atomic E-state index is 12.2. The molecule has 0 heterocycles. The first kappa shape index (κ1) is 16.4. The number of rotatable bonds is 8. The van der Waals surface area contributed by atoms with E-state index in [2.05, 4.69) is 27.7 Å². The summed E-state index contributed by atoms with van der Waals surface area (Å²) >= 11 is 0. The van der Waals surface area contributed by atoms with Gasteiger partial charge in [-0.25, -0.2) is 0 Å². The van der Waals surface area contributed by atoms with Crippen molar-refractivity contribution >= 4 is 5.97 Å². The molecule has 0 saturated heterocycles. The molecule has 3 heteroatoms. The first-order valence-corrected chi connectivity index (χ1v) is 6.81. The second-order valence-corrected chi connectivity index (χ2v) is 5.33. The average Bonchev–Trinajstić information content (AvgIpc) is 2.26. The van der Waals surface area contributed by atoms with E-state index in [1.165, 1.54) is 0 Å². The third-order valence-electron chi connectivity index (χ3n) is 3.65. The summed E-state index contributed by atoms with van der Waals surface area (Å²) in [6.45, 7) is 11.1. The van der Waals surface area contributed by atoms with Crippen LogP contribution in [0.3, 0.4) is 0 Å². The van der Waals surface area contributed by atoms with E-state index in [4.69, 9.17) is 10.5 Å². The molecule has 2 unspecified atom stereocenters. The highest BCUT2D eigenvalue weighted by Gasteiger charge is 2.42. The quantitative estimate of drug-likeness (QED) is 0.667. The van der Waals surface area contributed by atoms with Crippen molar-refractivity contribution < 1.29 is 9.53 Å². The van der Waals surface area contributed by atoms with E-state index >= 15 is 0 Å².